The first kappa shape index (κ1) is 16.2. The Hall–Kier alpha value is 0.177. The van der Waals surface area contributed by atoms with Crippen molar-refractivity contribution in [3.8, 4) is 0 Å². The second kappa shape index (κ2) is 5.22. The number of rotatable bonds is 4. The van der Waals surface area contributed by atoms with Crippen molar-refractivity contribution in [1.82, 2.24) is 0 Å². The molecule has 0 aromatic rings. The van der Waals surface area contributed by atoms with Gasteiger partial charge in [0.05, 0.1) is 0 Å². The third-order valence-electron chi connectivity index (χ3n) is 3.55. The van der Waals surface area contributed by atoms with Crippen LogP contribution >= 0.6 is 0 Å². The molecule has 0 spiro atoms. The van der Waals surface area contributed by atoms with Gasteiger partial charge in [-0.3, -0.25) is 0 Å². The predicted octanol–water partition coefficient (Wildman–Crippen LogP) is 5.22. The van der Waals surface area contributed by atoms with E-state index >= 15 is 0 Å². The van der Waals surface area contributed by atoms with Crippen LogP contribution in [0.5, 0.6) is 0 Å². The Bertz CT molecular complexity index is 212. The lowest BCUT2D eigenvalue weighted by molar-refractivity contribution is 0.107. The van der Waals surface area contributed by atoms with Gasteiger partial charge >= 0.3 is 0 Å². The molecule has 2 heteroatoms. The summed E-state index contributed by atoms with van der Waals surface area (Å²) in [5.74, 6) is 0.776. The van der Waals surface area contributed by atoms with Crippen LogP contribution in [0.25, 0.3) is 0 Å². The summed E-state index contributed by atoms with van der Waals surface area (Å²) in [7, 11) is -1.67. The molecule has 0 fully saturated rings. The van der Waals surface area contributed by atoms with Crippen LogP contribution in [-0.4, -0.2) is 13.9 Å². The fourth-order valence-corrected chi connectivity index (χ4v) is 5.96. The van der Waals surface area contributed by atoms with Crippen LogP contribution in [0.4, 0.5) is 0 Å². The Kier molecular flexibility index (Phi) is 5.28. The van der Waals surface area contributed by atoms with Gasteiger partial charge in [0.1, 0.15) is 0 Å². The molecule has 0 aliphatic carbocycles. The normalized spacial score (nSPS) is 19.3. The van der Waals surface area contributed by atoms with Gasteiger partial charge in [-0.1, -0.05) is 41.0 Å². The molecular weight excluding hydrogens is 212 g/mol. The Morgan fingerprint density at radius 1 is 1.06 bits per heavy atom. The van der Waals surface area contributed by atoms with Crippen molar-refractivity contribution in [2.24, 2.45) is 5.92 Å². The van der Waals surface area contributed by atoms with Crippen LogP contribution in [-0.2, 0) is 4.43 Å². The zero-order valence-corrected chi connectivity index (χ0v) is 13.9. The SMILES string of the molecule is CCC(C)C[Si](C)(OC(C)(C)C)C(C)(C)C. The standard InChI is InChI=1S/C14H32OSi/c1-10-12(2)11-16(9,14(6,7)8)15-13(3,4)5/h12H,10-11H2,1-9H3. The maximum Gasteiger partial charge on any atom is 0.196 e. The minimum Gasteiger partial charge on any atom is -0.412 e. The van der Waals surface area contributed by atoms with Crippen molar-refractivity contribution in [2.75, 3.05) is 0 Å². The monoisotopic (exact) mass is 244 g/mol. The second-order valence-corrected chi connectivity index (χ2v) is 12.0. The molecule has 0 bridgehead atoms. The van der Waals surface area contributed by atoms with Crippen molar-refractivity contribution in [3.63, 3.8) is 0 Å². The summed E-state index contributed by atoms with van der Waals surface area (Å²) in [5, 5.41) is 0.309. The lowest BCUT2D eigenvalue weighted by atomic mass is 10.2. The molecule has 0 aliphatic rings. The second-order valence-electron chi connectivity index (χ2n) is 7.41. The summed E-state index contributed by atoms with van der Waals surface area (Å²) >= 11 is 0. The molecule has 0 radical (unpaired) electrons. The van der Waals surface area contributed by atoms with E-state index in [4.69, 9.17) is 4.43 Å². The van der Waals surface area contributed by atoms with E-state index in [9.17, 15) is 0 Å². The third kappa shape index (κ3) is 5.01. The lowest BCUT2D eigenvalue weighted by Gasteiger charge is -2.45. The summed E-state index contributed by atoms with van der Waals surface area (Å²) in [6, 6.07) is 1.27. The van der Waals surface area contributed by atoms with Gasteiger partial charge < -0.3 is 4.43 Å². The number of hydrogen-bond donors (Lipinski definition) is 0. The molecule has 0 N–H and O–H groups in total. The Morgan fingerprint density at radius 3 is 1.75 bits per heavy atom. The van der Waals surface area contributed by atoms with Gasteiger partial charge in [-0.05, 0) is 44.3 Å². The molecule has 16 heavy (non-hydrogen) atoms. The van der Waals surface area contributed by atoms with Crippen LogP contribution in [0, 0.1) is 5.92 Å². The van der Waals surface area contributed by atoms with Gasteiger partial charge in [-0.15, -0.1) is 0 Å². The highest BCUT2D eigenvalue weighted by molar-refractivity contribution is 6.75. The van der Waals surface area contributed by atoms with Crippen LogP contribution in [0.3, 0.4) is 0 Å². The minimum absolute atomic E-state index is 0.0122. The Balaban J connectivity index is 4.91. The van der Waals surface area contributed by atoms with Gasteiger partial charge in [-0.25, -0.2) is 0 Å². The zero-order valence-electron chi connectivity index (χ0n) is 12.9. The maximum atomic E-state index is 6.50. The van der Waals surface area contributed by atoms with Crippen molar-refractivity contribution in [2.45, 2.75) is 85.0 Å². The van der Waals surface area contributed by atoms with E-state index in [-0.39, 0.29) is 5.60 Å². The molecule has 0 aliphatic heterocycles. The summed E-state index contributed by atoms with van der Waals surface area (Å²) in [6.07, 6.45) is 1.26. The fraction of sp³-hybridized carbons (Fsp3) is 1.00. The van der Waals surface area contributed by atoms with Gasteiger partial charge in [-0.2, -0.15) is 0 Å². The van der Waals surface area contributed by atoms with Crippen LogP contribution in [0.1, 0.15) is 61.8 Å². The van der Waals surface area contributed by atoms with E-state index in [0.717, 1.165) is 5.92 Å². The molecule has 0 aromatic heterocycles. The molecule has 0 rings (SSSR count). The van der Waals surface area contributed by atoms with Crippen molar-refractivity contribution >= 4 is 8.32 Å². The molecule has 98 valence electrons. The fourth-order valence-electron chi connectivity index (χ4n) is 1.99. The third-order valence-corrected chi connectivity index (χ3v) is 9.26. The van der Waals surface area contributed by atoms with E-state index in [1.54, 1.807) is 0 Å². The summed E-state index contributed by atoms with van der Waals surface area (Å²) in [5.41, 5.74) is -0.0122. The predicted molar refractivity (Wildman–Crippen MR) is 76.4 cm³/mol. The molecule has 0 heterocycles. The molecule has 0 saturated carbocycles. The molecule has 2 atom stereocenters. The summed E-state index contributed by atoms with van der Waals surface area (Å²) < 4.78 is 6.50. The molecule has 0 aromatic carbocycles. The van der Waals surface area contributed by atoms with Crippen LogP contribution < -0.4 is 0 Å². The molecule has 1 nitrogen and oxygen atoms in total. The first-order chi connectivity index (χ1) is 6.91. The Labute approximate surface area is 104 Å². The van der Waals surface area contributed by atoms with Crippen molar-refractivity contribution in [1.29, 1.82) is 0 Å². The largest absolute Gasteiger partial charge is 0.412 e. The molecular formula is C14H32OSi. The maximum absolute atomic E-state index is 6.50. The topological polar surface area (TPSA) is 9.23 Å². The average Bonchev–Trinajstić information content (AvgIpc) is 1.98. The van der Waals surface area contributed by atoms with E-state index in [1.807, 2.05) is 0 Å². The summed E-state index contributed by atoms with van der Waals surface area (Å²) in [6.45, 7) is 20.6. The quantitative estimate of drug-likeness (QED) is 0.616. The highest BCUT2D eigenvalue weighted by atomic mass is 28.4. The lowest BCUT2D eigenvalue weighted by Crippen LogP contribution is -2.50. The zero-order chi connectivity index (χ0) is 13.2. The first-order valence-corrected chi connectivity index (χ1v) is 9.23. The molecule has 2 unspecified atom stereocenters. The van der Waals surface area contributed by atoms with E-state index < -0.39 is 8.32 Å². The van der Waals surface area contributed by atoms with Crippen LogP contribution in [0.15, 0.2) is 0 Å². The Morgan fingerprint density at radius 2 is 1.50 bits per heavy atom. The van der Waals surface area contributed by atoms with Gasteiger partial charge in [0, 0.05) is 5.60 Å². The molecule has 0 amide bonds. The average molecular weight is 244 g/mol. The van der Waals surface area contributed by atoms with Crippen molar-refractivity contribution < 1.29 is 4.43 Å². The summed E-state index contributed by atoms with van der Waals surface area (Å²) in [4.78, 5) is 0. The highest BCUT2D eigenvalue weighted by Crippen LogP contribution is 2.43. The minimum atomic E-state index is -1.67. The van der Waals surface area contributed by atoms with Crippen LogP contribution in [0.2, 0.25) is 17.6 Å². The van der Waals surface area contributed by atoms with Gasteiger partial charge in [0.15, 0.2) is 8.32 Å². The smallest absolute Gasteiger partial charge is 0.196 e. The van der Waals surface area contributed by atoms with E-state index in [1.165, 1.54) is 12.5 Å². The van der Waals surface area contributed by atoms with E-state index in [0.29, 0.717) is 5.04 Å². The van der Waals surface area contributed by atoms with E-state index in [2.05, 4.69) is 61.9 Å². The first-order valence-electron chi connectivity index (χ1n) is 6.61. The molecule has 0 saturated heterocycles. The highest BCUT2D eigenvalue weighted by Gasteiger charge is 2.44. The van der Waals surface area contributed by atoms with Gasteiger partial charge in [0.2, 0.25) is 0 Å². The van der Waals surface area contributed by atoms with Gasteiger partial charge in [0.25, 0.3) is 0 Å². The van der Waals surface area contributed by atoms with Crippen molar-refractivity contribution in [3.05, 3.63) is 0 Å². The number of hydrogen-bond acceptors (Lipinski definition) is 1.